The van der Waals surface area contributed by atoms with Crippen molar-refractivity contribution in [1.82, 2.24) is 0 Å². The summed E-state index contributed by atoms with van der Waals surface area (Å²) < 4.78 is 4.25. The summed E-state index contributed by atoms with van der Waals surface area (Å²) in [6.45, 7) is 4.69. The number of esters is 1. The van der Waals surface area contributed by atoms with E-state index < -0.39 is 11.7 Å². The Balaban J connectivity index is 0. The van der Waals surface area contributed by atoms with Crippen molar-refractivity contribution in [3.05, 3.63) is 12.3 Å². The van der Waals surface area contributed by atoms with Gasteiger partial charge < -0.3 is 9.84 Å². The summed E-state index contributed by atoms with van der Waals surface area (Å²) in [4.78, 5) is 10.1. The first-order valence-electron chi connectivity index (χ1n) is 2.21. The monoisotopic (exact) mass is 122 g/mol. The van der Waals surface area contributed by atoms with E-state index in [1.165, 1.54) is 0 Å². The average Bonchev–Trinajstić information content (AvgIpc) is 1.67. The standard InChI is InChI=1S/C5H8O3.Li/c1-3-8-5(7)4(2)6;/h6H,2-3H2,1H3;/q;+1/p-1. The topological polar surface area (TPSA) is 49.4 Å². The normalized spacial score (nSPS) is 7.22. The number of carbonyl (C=O) groups excluding carboxylic acids is 1. The van der Waals surface area contributed by atoms with Gasteiger partial charge in [-0.3, -0.25) is 0 Å². The number of hydrogen-bond acceptors (Lipinski definition) is 3. The van der Waals surface area contributed by atoms with Crippen LogP contribution in [0.5, 0.6) is 0 Å². The largest absolute Gasteiger partial charge is 1.00 e. The molecule has 0 saturated carbocycles. The van der Waals surface area contributed by atoms with E-state index in [1.54, 1.807) is 6.92 Å². The van der Waals surface area contributed by atoms with E-state index in [0.717, 1.165) is 0 Å². The molecule has 9 heavy (non-hydrogen) atoms. The Morgan fingerprint density at radius 1 is 1.78 bits per heavy atom. The van der Waals surface area contributed by atoms with Crippen molar-refractivity contribution in [2.24, 2.45) is 0 Å². The molecule has 0 amide bonds. The van der Waals surface area contributed by atoms with Crippen molar-refractivity contribution in [1.29, 1.82) is 0 Å². The molecule has 0 aromatic carbocycles. The average molecular weight is 122 g/mol. The van der Waals surface area contributed by atoms with Gasteiger partial charge in [0.15, 0.2) is 0 Å². The van der Waals surface area contributed by atoms with Gasteiger partial charge in [0, 0.05) is 0 Å². The minimum Gasteiger partial charge on any atom is -0.868 e. The molecule has 0 aliphatic carbocycles. The van der Waals surface area contributed by atoms with Gasteiger partial charge in [-0.2, -0.15) is 0 Å². The molecule has 0 rings (SSSR count). The van der Waals surface area contributed by atoms with Crippen molar-refractivity contribution in [2.75, 3.05) is 6.61 Å². The Morgan fingerprint density at radius 3 is 2.33 bits per heavy atom. The van der Waals surface area contributed by atoms with E-state index in [0.29, 0.717) is 0 Å². The fourth-order valence-corrected chi connectivity index (χ4v) is 0.212. The first-order chi connectivity index (χ1) is 3.68. The fraction of sp³-hybridized carbons (Fsp3) is 0.400. The maximum Gasteiger partial charge on any atom is 1.00 e. The van der Waals surface area contributed by atoms with Gasteiger partial charge >= 0.3 is 24.8 Å². The molecule has 0 atom stereocenters. The Morgan fingerprint density at radius 2 is 2.22 bits per heavy atom. The fourth-order valence-electron chi connectivity index (χ4n) is 0.212. The molecule has 0 N–H and O–H groups in total. The van der Waals surface area contributed by atoms with Gasteiger partial charge in [0.2, 0.25) is 0 Å². The van der Waals surface area contributed by atoms with E-state index in [2.05, 4.69) is 11.3 Å². The van der Waals surface area contributed by atoms with Gasteiger partial charge in [0.25, 0.3) is 0 Å². The molecule has 46 valence electrons. The molecular formula is C5H7LiO3. The second-order valence-corrected chi connectivity index (χ2v) is 1.14. The quantitative estimate of drug-likeness (QED) is 0.165. The first-order valence-corrected chi connectivity index (χ1v) is 2.21. The van der Waals surface area contributed by atoms with Crippen LogP contribution in [0.3, 0.4) is 0 Å². The molecule has 0 aromatic heterocycles. The number of ether oxygens (including phenoxy) is 1. The van der Waals surface area contributed by atoms with E-state index in [4.69, 9.17) is 0 Å². The van der Waals surface area contributed by atoms with Gasteiger partial charge in [0.05, 0.1) is 6.61 Å². The van der Waals surface area contributed by atoms with Crippen LogP contribution in [-0.4, -0.2) is 12.6 Å². The minimum atomic E-state index is -0.868. The first kappa shape index (κ1) is 11.4. The van der Waals surface area contributed by atoms with Gasteiger partial charge in [-0.1, -0.05) is 6.58 Å². The van der Waals surface area contributed by atoms with Crippen LogP contribution in [0.25, 0.3) is 0 Å². The summed E-state index contributed by atoms with van der Waals surface area (Å²) >= 11 is 0. The number of rotatable bonds is 2. The van der Waals surface area contributed by atoms with Crippen LogP contribution >= 0.6 is 0 Å². The summed E-state index contributed by atoms with van der Waals surface area (Å²) in [5, 5.41) is 9.95. The van der Waals surface area contributed by atoms with Gasteiger partial charge in [-0.15, -0.1) is 0 Å². The molecule has 0 bridgehead atoms. The molecule has 0 radical (unpaired) electrons. The Hall–Kier alpha value is -0.393. The third kappa shape index (κ3) is 5.48. The summed E-state index contributed by atoms with van der Waals surface area (Å²) in [5.74, 6) is -1.67. The summed E-state index contributed by atoms with van der Waals surface area (Å²) in [6, 6.07) is 0. The molecule has 4 heteroatoms. The summed E-state index contributed by atoms with van der Waals surface area (Å²) in [7, 11) is 0. The smallest absolute Gasteiger partial charge is 0.868 e. The third-order valence-electron chi connectivity index (χ3n) is 0.503. The van der Waals surface area contributed by atoms with E-state index in [-0.39, 0.29) is 25.5 Å². The Labute approximate surface area is 65.9 Å². The van der Waals surface area contributed by atoms with Gasteiger partial charge in [-0.05, 0) is 12.7 Å². The zero-order valence-corrected chi connectivity index (χ0v) is 5.64. The third-order valence-corrected chi connectivity index (χ3v) is 0.503. The van der Waals surface area contributed by atoms with Crippen LogP contribution in [0, 0.1) is 0 Å². The second kappa shape index (κ2) is 5.74. The van der Waals surface area contributed by atoms with Crippen LogP contribution < -0.4 is 24.0 Å². The predicted molar refractivity (Wildman–Crippen MR) is 25.8 cm³/mol. The Kier molecular flexibility index (Phi) is 7.28. The van der Waals surface area contributed by atoms with Crippen LogP contribution in [0.1, 0.15) is 6.92 Å². The molecule has 0 saturated heterocycles. The molecular weight excluding hydrogens is 115 g/mol. The van der Waals surface area contributed by atoms with Crippen molar-refractivity contribution in [3.63, 3.8) is 0 Å². The maximum absolute atomic E-state index is 10.1. The summed E-state index contributed by atoms with van der Waals surface area (Å²) in [6.07, 6.45) is 0. The van der Waals surface area contributed by atoms with E-state index in [1.807, 2.05) is 0 Å². The van der Waals surface area contributed by atoms with Crippen LogP contribution in [0.4, 0.5) is 0 Å². The Bertz CT molecular complexity index is 111. The molecule has 0 fully saturated rings. The van der Waals surface area contributed by atoms with Gasteiger partial charge in [0.1, 0.15) is 0 Å². The maximum atomic E-state index is 10.1. The second-order valence-electron chi connectivity index (χ2n) is 1.14. The van der Waals surface area contributed by atoms with E-state index >= 15 is 0 Å². The van der Waals surface area contributed by atoms with Gasteiger partial charge in [-0.25, -0.2) is 4.79 Å². The van der Waals surface area contributed by atoms with Crippen LogP contribution in [0.15, 0.2) is 12.3 Å². The molecule has 3 nitrogen and oxygen atoms in total. The van der Waals surface area contributed by atoms with Crippen molar-refractivity contribution in [3.8, 4) is 0 Å². The summed E-state index contributed by atoms with van der Waals surface area (Å²) in [5.41, 5.74) is 0. The zero-order valence-electron chi connectivity index (χ0n) is 5.64. The number of carbonyl (C=O) groups is 1. The van der Waals surface area contributed by atoms with Crippen molar-refractivity contribution in [2.45, 2.75) is 6.92 Å². The van der Waals surface area contributed by atoms with Crippen LogP contribution in [0.2, 0.25) is 0 Å². The van der Waals surface area contributed by atoms with E-state index in [9.17, 15) is 9.90 Å². The molecule has 0 aliphatic heterocycles. The van der Waals surface area contributed by atoms with Crippen molar-refractivity contribution >= 4 is 5.97 Å². The molecule has 0 unspecified atom stereocenters. The minimum absolute atomic E-state index is 0. The number of hydrogen-bond donors (Lipinski definition) is 0. The molecule has 0 spiro atoms. The molecule has 0 aromatic rings. The molecule has 0 heterocycles. The SMILES string of the molecule is C=C([O-])C(=O)OCC.[Li+]. The zero-order chi connectivity index (χ0) is 6.57. The molecule has 0 aliphatic rings. The predicted octanol–water partition coefficient (Wildman–Crippen LogP) is -3.57. The van der Waals surface area contributed by atoms with Crippen molar-refractivity contribution < 1.29 is 33.5 Å². The van der Waals surface area contributed by atoms with Crippen LogP contribution in [-0.2, 0) is 9.53 Å².